The Bertz CT molecular complexity index is 933. The number of methoxy groups -OCH3 is 2. The van der Waals surface area contributed by atoms with E-state index in [-0.39, 0.29) is 17.7 Å². The number of urea groups is 1. The van der Waals surface area contributed by atoms with Gasteiger partial charge in [0.15, 0.2) is 5.03 Å². The Balaban J connectivity index is 2.25. The number of hydrogen-bond donors (Lipinski definition) is 3. The summed E-state index contributed by atoms with van der Waals surface area (Å²) in [4.78, 5) is 30.7. The number of carbonyl (C=O) groups excluding carboxylic acids is 1. The molecule has 14 heteroatoms. The van der Waals surface area contributed by atoms with Gasteiger partial charge in [0.1, 0.15) is 5.56 Å². The van der Waals surface area contributed by atoms with E-state index in [0.29, 0.717) is 0 Å². The first kappa shape index (κ1) is 18.9. The first-order chi connectivity index (χ1) is 12.2. The average molecular weight is 386 g/mol. The molecule has 0 saturated heterocycles. The van der Waals surface area contributed by atoms with Gasteiger partial charge in [-0.1, -0.05) is 0 Å². The molecule has 0 radical (unpaired) electrons. The lowest BCUT2D eigenvalue weighted by Crippen LogP contribution is -2.36. The molecule has 2 amide bonds. The molecule has 3 N–H and O–H groups in total. The van der Waals surface area contributed by atoms with Crippen molar-refractivity contribution in [2.24, 2.45) is 7.05 Å². The summed E-state index contributed by atoms with van der Waals surface area (Å²) in [5, 5.41) is 14.0. The fraction of sp³-hybridized carbons (Fsp3) is 0.250. The fourth-order valence-corrected chi connectivity index (χ4v) is 3.07. The van der Waals surface area contributed by atoms with Crippen molar-refractivity contribution < 1.29 is 32.6 Å². The van der Waals surface area contributed by atoms with Gasteiger partial charge in [-0.25, -0.2) is 14.3 Å². The van der Waals surface area contributed by atoms with Gasteiger partial charge in [-0.05, 0) is 0 Å². The molecule has 0 aliphatic rings. The zero-order valence-corrected chi connectivity index (χ0v) is 14.6. The summed E-state index contributed by atoms with van der Waals surface area (Å²) in [6, 6.07) is 0.118. The number of anilines is 1. The Kier molecular flexibility index (Phi) is 5.25. The second kappa shape index (κ2) is 7.22. The SMILES string of the molecule is COc1cc(OC)nc(NC(=O)NS(=O)(=O)c2c(C(=O)O)cnn2C)n1. The van der Waals surface area contributed by atoms with E-state index in [1.54, 1.807) is 4.72 Å². The molecule has 0 atom stereocenters. The molecule has 0 saturated carbocycles. The van der Waals surface area contributed by atoms with Crippen LogP contribution in [0.15, 0.2) is 17.3 Å². The van der Waals surface area contributed by atoms with Crippen LogP contribution >= 0.6 is 0 Å². The first-order valence-electron chi connectivity index (χ1n) is 6.74. The lowest BCUT2D eigenvalue weighted by Gasteiger charge is -2.10. The van der Waals surface area contributed by atoms with Gasteiger partial charge in [0, 0.05) is 7.05 Å². The van der Waals surface area contributed by atoms with Crippen molar-refractivity contribution in [1.82, 2.24) is 24.5 Å². The first-order valence-corrected chi connectivity index (χ1v) is 8.22. The second-order valence-electron chi connectivity index (χ2n) is 4.63. The third-order valence-electron chi connectivity index (χ3n) is 2.92. The number of carboxylic acid groups (broad SMARTS) is 1. The number of carboxylic acids is 1. The zero-order valence-electron chi connectivity index (χ0n) is 13.7. The molecule has 0 aromatic carbocycles. The van der Waals surface area contributed by atoms with E-state index in [2.05, 4.69) is 20.4 Å². The predicted octanol–water partition coefficient (Wildman–Crippen LogP) is -0.564. The molecule has 2 rings (SSSR count). The number of aromatic nitrogens is 4. The number of sulfonamides is 1. The van der Waals surface area contributed by atoms with Crippen LogP contribution < -0.4 is 19.5 Å². The third-order valence-corrected chi connectivity index (χ3v) is 4.37. The van der Waals surface area contributed by atoms with Gasteiger partial charge in [0.2, 0.25) is 17.7 Å². The van der Waals surface area contributed by atoms with Gasteiger partial charge >= 0.3 is 12.0 Å². The van der Waals surface area contributed by atoms with Crippen molar-refractivity contribution in [3.05, 3.63) is 17.8 Å². The highest BCUT2D eigenvalue weighted by molar-refractivity contribution is 7.90. The normalized spacial score (nSPS) is 10.9. The topological polar surface area (TPSA) is 175 Å². The van der Waals surface area contributed by atoms with E-state index in [1.807, 2.05) is 0 Å². The van der Waals surface area contributed by atoms with Gasteiger partial charge in [-0.2, -0.15) is 23.5 Å². The molecule has 0 unspecified atom stereocenters. The number of nitrogens with zero attached hydrogens (tertiary/aromatic N) is 4. The summed E-state index contributed by atoms with van der Waals surface area (Å²) < 4.78 is 36.9. The highest BCUT2D eigenvalue weighted by Gasteiger charge is 2.29. The minimum Gasteiger partial charge on any atom is -0.481 e. The molecule has 2 aromatic rings. The number of amides is 2. The maximum atomic E-state index is 12.3. The Morgan fingerprint density at radius 1 is 1.19 bits per heavy atom. The van der Waals surface area contributed by atoms with Crippen molar-refractivity contribution in [3.63, 3.8) is 0 Å². The van der Waals surface area contributed by atoms with E-state index in [0.717, 1.165) is 10.9 Å². The molecular formula is C12H14N6O7S. The smallest absolute Gasteiger partial charge is 0.340 e. The van der Waals surface area contributed by atoms with Crippen LogP contribution in [0.1, 0.15) is 10.4 Å². The monoisotopic (exact) mass is 386 g/mol. The Hall–Kier alpha value is -3.42. The van der Waals surface area contributed by atoms with Crippen LogP contribution in [0.2, 0.25) is 0 Å². The predicted molar refractivity (Wildman–Crippen MR) is 84.6 cm³/mol. The minimum absolute atomic E-state index is 0.0646. The standard InChI is InChI=1S/C12H14N6O7S/c1-18-9(6(5-13-18)10(19)20)26(22,23)17-12(21)16-11-14-7(24-2)4-8(15-11)25-3/h4-5H,1-3H3,(H,19,20)(H2,14,15,16,17,21). The van der Waals surface area contributed by atoms with Crippen LogP contribution in [-0.4, -0.2) is 59.5 Å². The number of carbonyl (C=O) groups is 2. The van der Waals surface area contributed by atoms with Crippen LogP contribution in [-0.2, 0) is 17.1 Å². The van der Waals surface area contributed by atoms with E-state index in [4.69, 9.17) is 14.6 Å². The molecule has 2 heterocycles. The maximum Gasteiger partial charge on any atom is 0.340 e. The second-order valence-corrected chi connectivity index (χ2v) is 6.23. The summed E-state index contributed by atoms with van der Waals surface area (Å²) in [7, 11) is -0.667. The van der Waals surface area contributed by atoms with Crippen LogP contribution in [0.4, 0.5) is 10.7 Å². The Morgan fingerprint density at radius 2 is 1.77 bits per heavy atom. The molecule has 2 aromatic heterocycles. The molecule has 0 aliphatic heterocycles. The highest BCUT2D eigenvalue weighted by atomic mass is 32.2. The lowest BCUT2D eigenvalue weighted by atomic mass is 10.4. The molecule has 13 nitrogen and oxygen atoms in total. The van der Waals surface area contributed by atoms with Crippen LogP contribution in [0.5, 0.6) is 11.8 Å². The molecular weight excluding hydrogens is 372 g/mol. The van der Waals surface area contributed by atoms with Crippen molar-refractivity contribution in [1.29, 1.82) is 0 Å². The van der Waals surface area contributed by atoms with Crippen LogP contribution in [0.3, 0.4) is 0 Å². The Morgan fingerprint density at radius 3 is 2.27 bits per heavy atom. The van der Waals surface area contributed by atoms with Crippen molar-refractivity contribution in [2.75, 3.05) is 19.5 Å². The number of rotatable bonds is 6. The van der Waals surface area contributed by atoms with Gasteiger partial charge in [-0.3, -0.25) is 10.00 Å². The summed E-state index contributed by atoms with van der Waals surface area (Å²) in [6.07, 6.45) is 0.852. The molecule has 26 heavy (non-hydrogen) atoms. The van der Waals surface area contributed by atoms with Gasteiger partial charge in [0.25, 0.3) is 10.0 Å². The molecule has 0 aliphatic carbocycles. The number of aryl methyl sites for hydroxylation is 1. The van der Waals surface area contributed by atoms with E-state index in [9.17, 15) is 18.0 Å². The summed E-state index contributed by atoms with van der Waals surface area (Å²) in [6.45, 7) is 0. The summed E-state index contributed by atoms with van der Waals surface area (Å²) in [5.74, 6) is -1.68. The van der Waals surface area contributed by atoms with Crippen molar-refractivity contribution in [2.45, 2.75) is 5.03 Å². The number of aromatic carboxylic acids is 1. The number of ether oxygens (including phenoxy) is 2. The number of hydrogen-bond acceptors (Lipinski definition) is 9. The molecule has 0 bridgehead atoms. The average Bonchev–Trinajstić information content (AvgIpc) is 2.96. The minimum atomic E-state index is -4.53. The maximum absolute atomic E-state index is 12.3. The number of nitrogens with one attached hydrogen (secondary N) is 2. The molecule has 0 fully saturated rings. The molecule has 140 valence electrons. The zero-order chi connectivity index (χ0) is 19.5. The van der Waals surface area contributed by atoms with Crippen molar-refractivity contribution >= 4 is 28.0 Å². The summed E-state index contributed by atoms with van der Waals surface area (Å²) in [5.41, 5.74) is -0.591. The van der Waals surface area contributed by atoms with E-state index >= 15 is 0 Å². The van der Waals surface area contributed by atoms with Gasteiger partial charge in [0.05, 0.1) is 26.5 Å². The lowest BCUT2D eigenvalue weighted by molar-refractivity contribution is 0.0692. The fourth-order valence-electron chi connectivity index (χ4n) is 1.86. The van der Waals surface area contributed by atoms with Crippen molar-refractivity contribution in [3.8, 4) is 11.8 Å². The Labute approximate surface area is 147 Å². The van der Waals surface area contributed by atoms with Gasteiger partial charge in [-0.15, -0.1) is 0 Å². The summed E-state index contributed by atoms with van der Waals surface area (Å²) >= 11 is 0. The van der Waals surface area contributed by atoms with Crippen LogP contribution in [0.25, 0.3) is 0 Å². The highest BCUT2D eigenvalue weighted by Crippen LogP contribution is 2.18. The van der Waals surface area contributed by atoms with E-state index < -0.39 is 32.6 Å². The third kappa shape index (κ3) is 3.97. The van der Waals surface area contributed by atoms with Gasteiger partial charge < -0.3 is 14.6 Å². The van der Waals surface area contributed by atoms with Crippen LogP contribution in [0, 0.1) is 0 Å². The van der Waals surface area contributed by atoms with E-state index in [1.165, 1.54) is 27.3 Å². The molecule has 0 spiro atoms. The quantitative estimate of drug-likeness (QED) is 0.583. The largest absolute Gasteiger partial charge is 0.481 e.